The van der Waals surface area contributed by atoms with Crippen LogP contribution >= 0.6 is 7.67 Å². The number of rotatable bonds is 12. The Morgan fingerprint density at radius 2 is 1.71 bits per heavy atom. The molecule has 4 N–H and O–H groups in total. The molecule has 0 spiro atoms. The molecule has 0 bridgehead atoms. The Balaban J connectivity index is 2.06. The highest BCUT2D eigenvalue weighted by Gasteiger charge is 2.64. The first-order chi connectivity index (χ1) is 19.6. The smallest absolute Gasteiger partial charge is 0.342 e. The molecule has 0 radical (unpaired) electrons. The number of esters is 4. The predicted octanol–water partition coefficient (Wildman–Crippen LogP) is 0.217. The fraction of sp³-hybridized carbons (Fsp3) is 0.583. The Bertz CT molecular complexity index is 1370. The molecule has 1 aliphatic rings. The molecule has 1 aliphatic heterocycles. The lowest BCUT2D eigenvalue weighted by atomic mass is 9.86. The van der Waals surface area contributed by atoms with Crippen molar-refractivity contribution in [3.63, 3.8) is 0 Å². The van der Waals surface area contributed by atoms with Crippen molar-refractivity contribution in [3.8, 4) is 0 Å². The summed E-state index contributed by atoms with van der Waals surface area (Å²) in [5, 5.41) is 9.25. The van der Waals surface area contributed by atoms with Crippen molar-refractivity contribution in [2.24, 2.45) is 0 Å². The highest BCUT2D eigenvalue weighted by Crippen LogP contribution is 2.48. The van der Waals surface area contributed by atoms with Crippen LogP contribution in [0.2, 0.25) is 0 Å². The number of hydrogen-bond donors (Lipinski definition) is 3. The number of fused-ring (bicyclic) bond motifs is 1. The summed E-state index contributed by atoms with van der Waals surface area (Å²) < 4.78 is 48.1. The van der Waals surface area contributed by atoms with E-state index in [1.54, 1.807) is 12.1 Å². The van der Waals surface area contributed by atoms with Crippen molar-refractivity contribution in [1.29, 1.82) is 0 Å². The lowest BCUT2D eigenvalue weighted by molar-refractivity contribution is -0.186. The number of nitrogens with one attached hydrogen (secondary N) is 2. The molecular weight excluding hydrogens is 579 g/mol. The van der Waals surface area contributed by atoms with E-state index in [0.717, 1.165) is 21.1 Å². The lowest BCUT2D eigenvalue weighted by Gasteiger charge is -2.37. The number of anilines is 1. The zero-order chi connectivity index (χ0) is 31.5. The Morgan fingerprint density at radius 1 is 1.12 bits per heavy atom. The summed E-state index contributed by atoms with van der Waals surface area (Å²) in [6, 6.07) is 0.881. The summed E-state index contributed by atoms with van der Waals surface area (Å²) in [7, 11) is -1.98. The van der Waals surface area contributed by atoms with Gasteiger partial charge in [0.1, 0.15) is 29.5 Å². The molecule has 2 aromatic rings. The number of carbonyl (C=O) groups excluding carboxylic acids is 4. The van der Waals surface area contributed by atoms with E-state index in [4.69, 9.17) is 24.5 Å². The van der Waals surface area contributed by atoms with Crippen LogP contribution in [0.5, 0.6) is 0 Å². The molecule has 1 unspecified atom stereocenters. The number of ether oxygens (including phenoxy) is 5. The third kappa shape index (κ3) is 6.71. The predicted molar refractivity (Wildman–Crippen MR) is 144 cm³/mol. The van der Waals surface area contributed by atoms with E-state index in [0.29, 0.717) is 5.52 Å². The van der Waals surface area contributed by atoms with Crippen LogP contribution in [0.1, 0.15) is 40.3 Å². The van der Waals surface area contributed by atoms with Crippen LogP contribution in [0.3, 0.4) is 0 Å². The van der Waals surface area contributed by atoms with Crippen LogP contribution in [0.15, 0.2) is 18.5 Å². The zero-order valence-electron chi connectivity index (χ0n) is 24.2. The first-order valence-electron chi connectivity index (χ1n) is 12.7. The standard InChI is InChI=1S/C24H35N6O11P/c1-13(20(33)36-6)28-42(35,29-14(2)21(34)37-7)39-10-23(5)22(40-15(3)31)24(11-38-23,41-16(4)32)18-9-8-17-19(25)26-12-27-30(17)18/h8-9,12-14,22H,10-11H2,1-7H3,(H2,25,26,27)(H2,28,29,35)/t13-,14-,22+,23+,24?/m0/s1. The van der Waals surface area contributed by atoms with Crippen LogP contribution in [-0.2, 0) is 57.6 Å². The molecule has 42 heavy (non-hydrogen) atoms. The first-order valence-corrected chi connectivity index (χ1v) is 14.3. The maximum Gasteiger partial charge on any atom is 0.342 e. The van der Waals surface area contributed by atoms with Gasteiger partial charge in [-0.05, 0) is 32.9 Å². The minimum Gasteiger partial charge on any atom is -0.468 e. The molecule has 3 heterocycles. The highest BCUT2D eigenvalue weighted by molar-refractivity contribution is 7.54. The van der Waals surface area contributed by atoms with Gasteiger partial charge in [-0.25, -0.2) is 19.7 Å². The second kappa shape index (κ2) is 12.7. The average molecular weight is 615 g/mol. The van der Waals surface area contributed by atoms with Gasteiger partial charge in [0.2, 0.25) is 5.60 Å². The third-order valence-electron chi connectivity index (χ3n) is 6.49. The number of nitrogens with two attached hydrogens (primary N) is 1. The van der Waals surface area contributed by atoms with Gasteiger partial charge in [-0.3, -0.25) is 23.7 Å². The molecule has 5 atom stereocenters. The summed E-state index contributed by atoms with van der Waals surface area (Å²) in [5.74, 6) is -2.86. The van der Waals surface area contributed by atoms with Crippen molar-refractivity contribution < 1.29 is 52.0 Å². The minimum absolute atomic E-state index is 0.140. The topological polar surface area (TPSA) is 221 Å². The van der Waals surface area contributed by atoms with Gasteiger partial charge in [-0.1, -0.05) is 0 Å². The molecule has 0 saturated carbocycles. The summed E-state index contributed by atoms with van der Waals surface area (Å²) in [4.78, 5) is 52.9. The molecule has 18 heteroatoms. The fourth-order valence-electron chi connectivity index (χ4n) is 4.59. The first kappa shape index (κ1) is 32.9. The molecule has 0 amide bonds. The Hall–Kier alpha value is -3.63. The number of carbonyl (C=O) groups is 4. The van der Waals surface area contributed by atoms with Crippen molar-refractivity contribution >= 4 is 42.9 Å². The lowest BCUT2D eigenvalue weighted by Crippen LogP contribution is -2.54. The summed E-state index contributed by atoms with van der Waals surface area (Å²) in [6.45, 7) is 5.65. The Labute approximate surface area is 241 Å². The maximum atomic E-state index is 13.9. The van der Waals surface area contributed by atoms with Gasteiger partial charge in [0.05, 0.1) is 33.1 Å². The van der Waals surface area contributed by atoms with Gasteiger partial charge in [-0.2, -0.15) is 5.10 Å². The van der Waals surface area contributed by atoms with Crippen LogP contribution in [-0.4, -0.2) is 89.7 Å². The van der Waals surface area contributed by atoms with Crippen molar-refractivity contribution in [3.05, 3.63) is 24.2 Å². The molecule has 1 saturated heterocycles. The van der Waals surface area contributed by atoms with Crippen molar-refractivity contribution in [1.82, 2.24) is 24.8 Å². The number of hydrogen-bond acceptors (Lipinski definition) is 14. The van der Waals surface area contributed by atoms with Crippen LogP contribution in [0.4, 0.5) is 5.82 Å². The molecule has 1 fully saturated rings. The zero-order valence-corrected chi connectivity index (χ0v) is 25.1. The molecule has 2 aromatic heterocycles. The van der Waals surface area contributed by atoms with Crippen LogP contribution < -0.4 is 15.9 Å². The van der Waals surface area contributed by atoms with Crippen LogP contribution in [0.25, 0.3) is 5.52 Å². The minimum atomic E-state index is -4.27. The second-order valence-corrected chi connectivity index (χ2v) is 11.7. The van der Waals surface area contributed by atoms with Gasteiger partial charge in [-0.15, -0.1) is 0 Å². The molecule has 3 rings (SSSR count). The van der Waals surface area contributed by atoms with Gasteiger partial charge in [0.15, 0.2) is 11.9 Å². The summed E-state index contributed by atoms with van der Waals surface area (Å²) in [6.07, 6.45) is -0.185. The Kier molecular flexibility index (Phi) is 9.95. The van der Waals surface area contributed by atoms with E-state index in [9.17, 15) is 23.7 Å². The SMILES string of the molecule is COC(=O)[C@H](C)NP(=O)(N[C@@H](C)C(=O)OC)OC[C@@]1(C)OCC(OC(C)=O)(c2ccc3c(N)ncnn23)[C@@H]1OC(C)=O. The summed E-state index contributed by atoms with van der Waals surface area (Å²) in [5.41, 5.74) is 3.23. The molecular formula is C24H35N6O11P. The Morgan fingerprint density at radius 3 is 2.24 bits per heavy atom. The van der Waals surface area contributed by atoms with E-state index in [2.05, 4.69) is 29.7 Å². The number of nitrogens with zero attached hydrogens (tertiary/aromatic N) is 3. The van der Waals surface area contributed by atoms with Gasteiger partial charge in [0.25, 0.3) is 0 Å². The average Bonchev–Trinajstić information content (AvgIpc) is 3.48. The van der Waals surface area contributed by atoms with Gasteiger partial charge >= 0.3 is 31.5 Å². The van der Waals surface area contributed by atoms with Crippen molar-refractivity contribution in [2.75, 3.05) is 33.2 Å². The van der Waals surface area contributed by atoms with Crippen LogP contribution in [0, 0.1) is 0 Å². The normalized spacial score (nSPS) is 23.6. The fourth-order valence-corrected chi connectivity index (χ4v) is 6.49. The second-order valence-electron chi connectivity index (χ2n) is 9.81. The van der Waals surface area contributed by atoms with E-state index in [1.165, 1.54) is 38.5 Å². The van der Waals surface area contributed by atoms with E-state index in [1.807, 2.05) is 0 Å². The monoisotopic (exact) mass is 614 g/mol. The largest absolute Gasteiger partial charge is 0.468 e. The molecule has 17 nitrogen and oxygen atoms in total. The van der Waals surface area contributed by atoms with Crippen molar-refractivity contribution in [2.45, 2.75) is 64.0 Å². The number of nitrogen functional groups attached to an aromatic ring is 1. The number of aromatic nitrogens is 3. The quantitative estimate of drug-likeness (QED) is 0.165. The van der Waals surface area contributed by atoms with E-state index < -0.39 is 67.5 Å². The maximum absolute atomic E-state index is 13.9. The molecule has 232 valence electrons. The van der Waals surface area contributed by atoms with E-state index >= 15 is 0 Å². The van der Waals surface area contributed by atoms with E-state index in [-0.39, 0.29) is 18.1 Å². The summed E-state index contributed by atoms with van der Waals surface area (Å²) >= 11 is 0. The molecule has 0 aromatic carbocycles. The van der Waals surface area contributed by atoms with Gasteiger partial charge < -0.3 is 33.9 Å². The third-order valence-corrected chi connectivity index (χ3v) is 8.44. The number of methoxy groups -OCH3 is 2. The molecule has 0 aliphatic carbocycles. The highest BCUT2D eigenvalue weighted by atomic mass is 31.2. The van der Waals surface area contributed by atoms with Gasteiger partial charge in [0, 0.05) is 13.8 Å².